The zero-order valence-electron chi connectivity index (χ0n) is 13.1. The molecule has 0 fully saturated rings. The molecule has 0 heterocycles. The third-order valence-corrected chi connectivity index (χ3v) is 5.46. The molecule has 0 unspecified atom stereocenters. The smallest absolute Gasteiger partial charge is 0.243 e. The van der Waals surface area contributed by atoms with Crippen molar-refractivity contribution in [2.45, 2.75) is 45.4 Å². The lowest BCUT2D eigenvalue weighted by atomic mass is 10.2. The van der Waals surface area contributed by atoms with Gasteiger partial charge in [-0.3, -0.25) is 4.79 Å². The molecule has 0 spiro atoms. The number of amides is 1. The lowest BCUT2D eigenvalue weighted by Gasteiger charge is -2.20. The van der Waals surface area contributed by atoms with Gasteiger partial charge in [0, 0.05) is 25.2 Å². The SMILES string of the molecule is CCCC(=O)Nc1ccc(C)c(S(=O)(=O)N(CC)CC)c1. The van der Waals surface area contributed by atoms with Crippen LogP contribution < -0.4 is 5.32 Å². The van der Waals surface area contributed by atoms with Crippen LogP contribution in [0.3, 0.4) is 0 Å². The zero-order chi connectivity index (χ0) is 16.0. The van der Waals surface area contributed by atoms with Crippen LogP contribution in [0.25, 0.3) is 0 Å². The lowest BCUT2D eigenvalue weighted by molar-refractivity contribution is -0.116. The molecule has 0 saturated heterocycles. The van der Waals surface area contributed by atoms with Crippen LogP contribution in [0.15, 0.2) is 23.1 Å². The highest BCUT2D eigenvalue weighted by molar-refractivity contribution is 7.89. The summed E-state index contributed by atoms with van der Waals surface area (Å²) >= 11 is 0. The van der Waals surface area contributed by atoms with Gasteiger partial charge in [0.15, 0.2) is 0 Å². The fourth-order valence-corrected chi connectivity index (χ4v) is 3.82. The zero-order valence-corrected chi connectivity index (χ0v) is 14.0. The Kier molecular flexibility index (Phi) is 6.36. The highest BCUT2D eigenvalue weighted by Gasteiger charge is 2.23. The molecular weight excluding hydrogens is 288 g/mol. The van der Waals surface area contributed by atoms with Crippen molar-refractivity contribution in [3.05, 3.63) is 23.8 Å². The van der Waals surface area contributed by atoms with Crippen LogP contribution in [-0.2, 0) is 14.8 Å². The van der Waals surface area contributed by atoms with Crippen LogP contribution >= 0.6 is 0 Å². The summed E-state index contributed by atoms with van der Waals surface area (Å²) in [7, 11) is -3.52. The molecule has 0 aromatic heterocycles. The second kappa shape index (κ2) is 7.56. The van der Waals surface area contributed by atoms with E-state index in [0.29, 0.717) is 30.8 Å². The molecule has 1 rings (SSSR count). The Morgan fingerprint density at radius 3 is 2.33 bits per heavy atom. The number of rotatable bonds is 7. The Hall–Kier alpha value is -1.40. The average molecular weight is 312 g/mol. The van der Waals surface area contributed by atoms with E-state index in [-0.39, 0.29) is 10.8 Å². The lowest BCUT2D eigenvalue weighted by Crippen LogP contribution is -2.31. The van der Waals surface area contributed by atoms with E-state index in [1.807, 2.05) is 20.8 Å². The summed E-state index contributed by atoms with van der Waals surface area (Å²) in [6.07, 6.45) is 1.17. The van der Waals surface area contributed by atoms with E-state index in [9.17, 15) is 13.2 Å². The third-order valence-electron chi connectivity index (χ3n) is 3.27. The summed E-state index contributed by atoms with van der Waals surface area (Å²) in [4.78, 5) is 11.9. The number of hydrogen-bond acceptors (Lipinski definition) is 3. The maximum Gasteiger partial charge on any atom is 0.243 e. The number of aryl methyl sites for hydroxylation is 1. The molecule has 0 aliphatic carbocycles. The van der Waals surface area contributed by atoms with Crippen molar-refractivity contribution in [1.29, 1.82) is 0 Å². The van der Waals surface area contributed by atoms with Gasteiger partial charge in [-0.15, -0.1) is 0 Å². The Morgan fingerprint density at radius 1 is 1.19 bits per heavy atom. The number of nitrogens with zero attached hydrogens (tertiary/aromatic N) is 1. The number of hydrogen-bond donors (Lipinski definition) is 1. The highest BCUT2D eigenvalue weighted by Crippen LogP contribution is 2.23. The van der Waals surface area contributed by atoms with E-state index in [1.165, 1.54) is 10.4 Å². The van der Waals surface area contributed by atoms with Gasteiger partial charge in [-0.05, 0) is 31.0 Å². The summed E-state index contributed by atoms with van der Waals surface area (Å²) in [6, 6.07) is 4.98. The standard InChI is InChI=1S/C15H24N2O3S/c1-5-8-15(18)16-13-10-9-12(4)14(11-13)21(19,20)17(6-2)7-3/h9-11H,5-8H2,1-4H3,(H,16,18). The topological polar surface area (TPSA) is 66.5 Å². The van der Waals surface area contributed by atoms with Gasteiger partial charge in [0.25, 0.3) is 0 Å². The van der Waals surface area contributed by atoms with Crippen LogP contribution in [0.4, 0.5) is 5.69 Å². The number of anilines is 1. The largest absolute Gasteiger partial charge is 0.326 e. The Balaban J connectivity index is 3.16. The molecular formula is C15H24N2O3S. The van der Waals surface area contributed by atoms with Crippen molar-refractivity contribution < 1.29 is 13.2 Å². The van der Waals surface area contributed by atoms with Crippen LogP contribution in [0.1, 0.15) is 39.2 Å². The maximum atomic E-state index is 12.6. The minimum atomic E-state index is -3.52. The summed E-state index contributed by atoms with van der Waals surface area (Å²) in [5, 5.41) is 2.74. The molecule has 1 amide bonds. The number of carbonyl (C=O) groups is 1. The first-order valence-electron chi connectivity index (χ1n) is 7.27. The van der Waals surface area contributed by atoms with Crippen molar-refractivity contribution in [2.75, 3.05) is 18.4 Å². The van der Waals surface area contributed by atoms with E-state index in [2.05, 4.69) is 5.32 Å². The van der Waals surface area contributed by atoms with E-state index in [1.54, 1.807) is 19.1 Å². The van der Waals surface area contributed by atoms with Gasteiger partial charge < -0.3 is 5.32 Å². The van der Waals surface area contributed by atoms with Gasteiger partial charge in [0.1, 0.15) is 0 Å². The van der Waals surface area contributed by atoms with Crippen molar-refractivity contribution in [1.82, 2.24) is 4.31 Å². The number of nitrogens with one attached hydrogen (secondary N) is 1. The van der Waals surface area contributed by atoms with Crippen molar-refractivity contribution in [3.8, 4) is 0 Å². The third kappa shape index (κ3) is 4.28. The van der Waals surface area contributed by atoms with Gasteiger partial charge in [-0.25, -0.2) is 8.42 Å². The molecule has 118 valence electrons. The van der Waals surface area contributed by atoms with Gasteiger partial charge in [0.05, 0.1) is 4.90 Å². The van der Waals surface area contributed by atoms with Gasteiger partial charge in [0.2, 0.25) is 15.9 Å². The Bertz CT molecular complexity index is 593. The maximum absolute atomic E-state index is 12.6. The summed E-state index contributed by atoms with van der Waals surface area (Å²) in [6.45, 7) is 8.14. The second-order valence-corrected chi connectivity index (χ2v) is 6.77. The van der Waals surface area contributed by atoms with Crippen molar-refractivity contribution in [2.24, 2.45) is 0 Å². The van der Waals surface area contributed by atoms with Gasteiger partial charge in [-0.2, -0.15) is 4.31 Å². The van der Waals surface area contributed by atoms with Crippen molar-refractivity contribution in [3.63, 3.8) is 0 Å². The minimum absolute atomic E-state index is 0.104. The second-order valence-electron chi connectivity index (χ2n) is 4.87. The normalized spacial score (nSPS) is 11.7. The molecule has 1 aromatic rings. The van der Waals surface area contributed by atoms with E-state index in [0.717, 1.165) is 6.42 Å². The summed E-state index contributed by atoms with van der Waals surface area (Å²) < 4.78 is 26.6. The molecule has 21 heavy (non-hydrogen) atoms. The number of sulfonamides is 1. The van der Waals surface area contributed by atoms with E-state index in [4.69, 9.17) is 0 Å². The predicted molar refractivity (Wildman–Crippen MR) is 84.8 cm³/mol. The molecule has 0 bridgehead atoms. The van der Waals surface area contributed by atoms with Crippen LogP contribution in [0.2, 0.25) is 0 Å². The van der Waals surface area contributed by atoms with E-state index < -0.39 is 10.0 Å². The Labute approximate surface area is 127 Å². The fraction of sp³-hybridized carbons (Fsp3) is 0.533. The first-order chi connectivity index (χ1) is 9.86. The molecule has 0 aliphatic heterocycles. The molecule has 0 radical (unpaired) electrons. The van der Waals surface area contributed by atoms with Crippen LogP contribution in [0.5, 0.6) is 0 Å². The highest BCUT2D eigenvalue weighted by atomic mass is 32.2. The molecule has 0 atom stereocenters. The van der Waals surface area contributed by atoms with E-state index >= 15 is 0 Å². The molecule has 0 aliphatic rings. The van der Waals surface area contributed by atoms with Gasteiger partial charge in [-0.1, -0.05) is 26.8 Å². The van der Waals surface area contributed by atoms with Crippen LogP contribution in [0, 0.1) is 6.92 Å². The first-order valence-corrected chi connectivity index (χ1v) is 8.71. The minimum Gasteiger partial charge on any atom is -0.326 e. The monoisotopic (exact) mass is 312 g/mol. The molecule has 0 saturated carbocycles. The molecule has 5 nitrogen and oxygen atoms in total. The summed E-state index contributed by atoms with van der Waals surface area (Å²) in [5.41, 5.74) is 1.19. The van der Waals surface area contributed by atoms with Crippen molar-refractivity contribution >= 4 is 21.6 Å². The average Bonchev–Trinajstić information content (AvgIpc) is 2.42. The molecule has 1 aromatic carbocycles. The fourth-order valence-electron chi connectivity index (χ4n) is 2.11. The molecule has 1 N–H and O–H groups in total. The Morgan fingerprint density at radius 2 is 1.81 bits per heavy atom. The molecule has 6 heteroatoms. The number of benzene rings is 1. The van der Waals surface area contributed by atoms with Gasteiger partial charge >= 0.3 is 0 Å². The predicted octanol–water partition coefficient (Wildman–Crippen LogP) is 2.76. The quantitative estimate of drug-likeness (QED) is 0.842. The van der Waals surface area contributed by atoms with Crippen LogP contribution in [-0.4, -0.2) is 31.7 Å². The number of carbonyl (C=O) groups excluding carboxylic acids is 1. The summed E-state index contributed by atoms with van der Waals surface area (Å²) in [5.74, 6) is -0.104. The first kappa shape index (κ1) is 17.7.